The van der Waals surface area contributed by atoms with E-state index in [1.54, 1.807) is 18.3 Å². The van der Waals surface area contributed by atoms with Gasteiger partial charge >= 0.3 is 0 Å². The zero-order chi connectivity index (χ0) is 20.2. The first-order valence-corrected chi connectivity index (χ1v) is 9.18. The summed E-state index contributed by atoms with van der Waals surface area (Å²) in [6.45, 7) is 0. The Morgan fingerprint density at radius 3 is 2.76 bits per heavy atom. The van der Waals surface area contributed by atoms with Gasteiger partial charge in [-0.25, -0.2) is 16.3 Å². The van der Waals surface area contributed by atoms with E-state index in [0.29, 0.717) is 6.42 Å². The van der Waals surface area contributed by atoms with Crippen LogP contribution >= 0.6 is 0 Å². The van der Waals surface area contributed by atoms with Crippen molar-refractivity contribution in [2.75, 3.05) is 0 Å². The Morgan fingerprint density at radius 2 is 1.90 bits per heavy atom. The lowest BCUT2D eigenvalue weighted by molar-refractivity contribution is -0.384. The van der Waals surface area contributed by atoms with E-state index < -0.39 is 11.0 Å². The summed E-state index contributed by atoms with van der Waals surface area (Å²) in [5, 5.41) is 17.2. The lowest BCUT2D eigenvalue weighted by Gasteiger charge is -2.09. The molecule has 29 heavy (non-hydrogen) atoms. The van der Waals surface area contributed by atoms with Gasteiger partial charge in [0.25, 0.3) is 11.6 Å². The summed E-state index contributed by atoms with van der Waals surface area (Å²) in [4.78, 5) is 22.9. The number of carbonyl (C=O) groups is 1. The Hall–Kier alpha value is -3.62. The molecule has 2 unspecified atom stereocenters. The molecule has 3 N–H and O–H groups in total. The number of amides is 1. The van der Waals surface area contributed by atoms with Crippen molar-refractivity contribution >= 4 is 28.6 Å². The molecule has 8 nitrogen and oxygen atoms in total. The second kappa shape index (κ2) is 8.17. The van der Waals surface area contributed by atoms with Gasteiger partial charge in [-0.05, 0) is 22.8 Å². The predicted molar refractivity (Wildman–Crippen MR) is 110 cm³/mol. The van der Waals surface area contributed by atoms with Gasteiger partial charge in [-0.3, -0.25) is 14.9 Å². The minimum atomic E-state index is -0.496. The van der Waals surface area contributed by atoms with E-state index in [1.165, 1.54) is 12.1 Å². The lowest BCUT2D eigenvalue weighted by Crippen LogP contribution is -2.41. The maximum Gasteiger partial charge on any atom is 0.269 e. The van der Waals surface area contributed by atoms with Crippen LogP contribution in [0.25, 0.3) is 10.8 Å². The highest BCUT2D eigenvalue weighted by atomic mass is 16.6. The Labute approximate surface area is 166 Å². The van der Waals surface area contributed by atoms with Crippen LogP contribution in [-0.2, 0) is 4.79 Å². The van der Waals surface area contributed by atoms with Gasteiger partial charge in [-0.1, -0.05) is 54.6 Å². The van der Waals surface area contributed by atoms with Gasteiger partial charge in [-0.15, -0.1) is 0 Å². The molecule has 8 heteroatoms. The number of nitro groups is 1. The number of nitro benzene ring substituents is 1. The first-order chi connectivity index (χ1) is 14.1. The van der Waals surface area contributed by atoms with E-state index in [4.69, 9.17) is 0 Å². The fraction of sp³-hybridized carbons (Fsp3) is 0.143. The quantitative estimate of drug-likeness (QED) is 0.353. The summed E-state index contributed by atoms with van der Waals surface area (Å²) in [5.41, 5.74) is 10.2. The molecule has 0 aliphatic carbocycles. The number of nitrogens with zero attached hydrogens (tertiary/aromatic N) is 2. The SMILES string of the molecule is O=C(N/N=C/c1cccc2ccccc12)C1CC(c2cccc([N+](=O)[O-])c2)NN1. The Morgan fingerprint density at radius 1 is 1.10 bits per heavy atom. The monoisotopic (exact) mass is 389 g/mol. The largest absolute Gasteiger partial charge is 0.271 e. The summed E-state index contributed by atoms with van der Waals surface area (Å²) in [5.74, 6) is -0.276. The Kier molecular flexibility index (Phi) is 5.28. The first-order valence-electron chi connectivity index (χ1n) is 9.18. The predicted octanol–water partition coefficient (Wildman–Crippen LogP) is 2.81. The number of non-ortho nitro benzene ring substituents is 1. The molecule has 1 aliphatic heterocycles. The maximum absolute atomic E-state index is 12.4. The van der Waals surface area contributed by atoms with Crippen molar-refractivity contribution in [3.05, 3.63) is 88.0 Å². The van der Waals surface area contributed by atoms with Crippen molar-refractivity contribution in [3.8, 4) is 0 Å². The Bertz CT molecular complexity index is 1090. The van der Waals surface area contributed by atoms with Crippen LogP contribution in [-0.4, -0.2) is 23.1 Å². The molecule has 0 saturated carbocycles. The standard InChI is InChI=1S/C21H19N5O3/c27-21(25-22-13-16-8-3-6-14-5-1-2-10-18(14)16)20-12-19(23-24-20)15-7-4-9-17(11-15)26(28)29/h1-11,13,19-20,23-24H,12H2,(H,25,27)/b22-13+. The molecule has 1 aliphatic rings. The number of fused-ring (bicyclic) bond motifs is 1. The molecule has 0 spiro atoms. The van der Waals surface area contributed by atoms with Gasteiger partial charge in [0.15, 0.2) is 0 Å². The number of nitrogens with one attached hydrogen (secondary N) is 3. The van der Waals surface area contributed by atoms with E-state index in [1.807, 2.05) is 42.5 Å². The molecule has 0 radical (unpaired) electrons. The van der Waals surface area contributed by atoms with Crippen LogP contribution in [0.1, 0.15) is 23.6 Å². The molecule has 1 amide bonds. The number of hydrazone groups is 1. The fourth-order valence-electron chi connectivity index (χ4n) is 3.41. The van der Waals surface area contributed by atoms with Gasteiger partial charge in [-0.2, -0.15) is 5.10 Å². The van der Waals surface area contributed by atoms with E-state index in [-0.39, 0.29) is 17.6 Å². The van der Waals surface area contributed by atoms with Gasteiger partial charge in [0.05, 0.1) is 11.1 Å². The fourth-order valence-corrected chi connectivity index (χ4v) is 3.41. The average Bonchev–Trinajstić information content (AvgIpc) is 3.24. The van der Waals surface area contributed by atoms with E-state index in [2.05, 4.69) is 21.4 Å². The summed E-state index contributed by atoms with van der Waals surface area (Å²) < 4.78 is 0. The van der Waals surface area contributed by atoms with Crippen molar-refractivity contribution in [2.24, 2.45) is 5.10 Å². The Balaban J connectivity index is 1.39. The maximum atomic E-state index is 12.4. The minimum absolute atomic E-state index is 0.0249. The van der Waals surface area contributed by atoms with Crippen LogP contribution in [0.5, 0.6) is 0 Å². The molecule has 0 aromatic heterocycles. The second-order valence-corrected chi connectivity index (χ2v) is 6.78. The van der Waals surface area contributed by atoms with Gasteiger partial charge in [0.1, 0.15) is 6.04 Å². The van der Waals surface area contributed by atoms with Crippen molar-refractivity contribution in [3.63, 3.8) is 0 Å². The summed E-state index contributed by atoms with van der Waals surface area (Å²) in [6, 6.07) is 19.5. The molecule has 2 atom stereocenters. The molecule has 1 fully saturated rings. The highest BCUT2D eigenvalue weighted by Crippen LogP contribution is 2.25. The highest BCUT2D eigenvalue weighted by Gasteiger charge is 2.30. The van der Waals surface area contributed by atoms with Gasteiger partial charge < -0.3 is 0 Å². The molecular weight excluding hydrogens is 370 g/mol. The second-order valence-electron chi connectivity index (χ2n) is 6.78. The van der Waals surface area contributed by atoms with Crippen molar-refractivity contribution in [2.45, 2.75) is 18.5 Å². The summed E-state index contributed by atoms with van der Waals surface area (Å²) in [7, 11) is 0. The van der Waals surface area contributed by atoms with Crippen molar-refractivity contribution in [1.29, 1.82) is 0 Å². The zero-order valence-electron chi connectivity index (χ0n) is 15.4. The topological polar surface area (TPSA) is 109 Å². The van der Waals surface area contributed by atoms with Gasteiger partial charge in [0, 0.05) is 23.7 Å². The van der Waals surface area contributed by atoms with Crippen LogP contribution in [0, 0.1) is 10.1 Å². The smallest absolute Gasteiger partial charge is 0.269 e. The number of carbonyl (C=O) groups excluding carboxylic acids is 1. The molecule has 146 valence electrons. The van der Waals surface area contributed by atoms with Gasteiger partial charge in [0.2, 0.25) is 0 Å². The molecular formula is C21H19N5O3. The van der Waals surface area contributed by atoms with E-state index in [9.17, 15) is 14.9 Å². The third kappa shape index (κ3) is 4.13. The van der Waals surface area contributed by atoms with Crippen molar-refractivity contribution in [1.82, 2.24) is 16.3 Å². The first kappa shape index (κ1) is 18.7. The molecule has 3 aromatic carbocycles. The molecule has 4 rings (SSSR count). The third-order valence-electron chi connectivity index (χ3n) is 4.90. The number of hydrazine groups is 1. The summed E-state index contributed by atoms with van der Waals surface area (Å²) >= 11 is 0. The minimum Gasteiger partial charge on any atom is -0.271 e. The summed E-state index contributed by atoms with van der Waals surface area (Å²) in [6.07, 6.45) is 2.08. The zero-order valence-corrected chi connectivity index (χ0v) is 15.4. The number of benzene rings is 3. The molecule has 3 aromatic rings. The molecule has 0 bridgehead atoms. The van der Waals surface area contributed by atoms with E-state index >= 15 is 0 Å². The van der Waals surface area contributed by atoms with Crippen LogP contribution in [0.4, 0.5) is 5.69 Å². The lowest BCUT2D eigenvalue weighted by atomic mass is 10.0. The van der Waals surface area contributed by atoms with Crippen LogP contribution in [0.15, 0.2) is 71.8 Å². The van der Waals surface area contributed by atoms with Crippen LogP contribution in [0.2, 0.25) is 0 Å². The van der Waals surface area contributed by atoms with Crippen LogP contribution < -0.4 is 16.3 Å². The van der Waals surface area contributed by atoms with E-state index in [0.717, 1.165) is 21.9 Å². The number of rotatable bonds is 5. The number of hydrogen-bond acceptors (Lipinski definition) is 6. The van der Waals surface area contributed by atoms with Crippen LogP contribution in [0.3, 0.4) is 0 Å². The van der Waals surface area contributed by atoms with Crippen molar-refractivity contribution < 1.29 is 9.72 Å². The molecule has 1 saturated heterocycles. The number of hydrogen-bond donors (Lipinski definition) is 3. The molecule has 1 heterocycles. The third-order valence-corrected chi connectivity index (χ3v) is 4.90. The average molecular weight is 389 g/mol. The highest BCUT2D eigenvalue weighted by molar-refractivity contribution is 6.00. The normalized spacial score (nSPS) is 18.9.